The zero-order chi connectivity index (χ0) is 20.3. The summed E-state index contributed by atoms with van der Waals surface area (Å²) in [5, 5.41) is 15.0. The molecule has 0 heterocycles. The highest BCUT2D eigenvalue weighted by Gasteiger charge is 2.01. The number of aryl methyl sites for hydroxylation is 1. The van der Waals surface area contributed by atoms with Gasteiger partial charge in [0.05, 0.1) is 6.42 Å². The van der Waals surface area contributed by atoms with Gasteiger partial charge in [0.2, 0.25) is 0 Å². The molecule has 29 heavy (non-hydrogen) atoms. The Morgan fingerprint density at radius 2 is 1.45 bits per heavy atom. The number of carbonyl (C=O) groups is 1. The molecule has 0 aliphatic rings. The van der Waals surface area contributed by atoms with Crippen LogP contribution in [0.25, 0.3) is 10.8 Å². The van der Waals surface area contributed by atoms with Crippen molar-refractivity contribution in [2.75, 3.05) is 11.9 Å². The Morgan fingerprint density at radius 3 is 2.24 bits per heavy atom. The zero-order valence-corrected chi connectivity index (χ0v) is 17.1. The molecule has 3 aromatic rings. The van der Waals surface area contributed by atoms with Crippen LogP contribution in [0.1, 0.15) is 49.7 Å². The second-order valence-electron chi connectivity index (χ2n) is 7.70. The summed E-state index contributed by atoms with van der Waals surface area (Å²) in [5.41, 5.74) is 3.38. The highest BCUT2D eigenvalue weighted by molar-refractivity contribution is 5.85. The first-order valence-electron chi connectivity index (χ1n) is 10.7. The molecule has 0 bridgehead atoms. The molecule has 0 aliphatic heterocycles. The Labute approximate surface area is 173 Å². The van der Waals surface area contributed by atoms with E-state index in [9.17, 15) is 4.79 Å². The van der Waals surface area contributed by atoms with Crippen molar-refractivity contribution >= 4 is 22.4 Å². The van der Waals surface area contributed by atoms with E-state index in [1.807, 2.05) is 24.3 Å². The van der Waals surface area contributed by atoms with E-state index < -0.39 is 5.97 Å². The van der Waals surface area contributed by atoms with Gasteiger partial charge in [-0.1, -0.05) is 80.3 Å². The molecule has 2 N–H and O–H groups in total. The van der Waals surface area contributed by atoms with Gasteiger partial charge in [0.1, 0.15) is 0 Å². The minimum Gasteiger partial charge on any atom is -0.481 e. The summed E-state index contributed by atoms with van der Waals surface area (Å²) in [7, 11) is 0. The average Bonchev–Trinajstić information content (AvgIpc) is 2.73. The van der Waals surface area contributed by atoms with Gasteiger partial charge in [-0.2, -0.15) is 0 Å². The molecule has 0 aromatic heterocycles. The molecule has 0 atom stereocenters. The summed E-state index contributed by atoms with van der Waals surface area (Å²) in [6.07, 6.45) is 8.81. The molecule has 0 amide bonds. The summed E-state index contributed by atoms with van der Waals surface area (Å²) in [6, 6.07) is 23.0. The van der Waals surface area contributed by atoms with Gasteiger partial charge in [-0.3, -0.25) is 4.79 Å². The minimum atomic E-state index is -0.789. The van der Waals surface area contributed by atoms with E-state index in [1.165, 1.54) is 61.3 Å². The minimum absolute atomic E-state index is 0.0841. The number of hydrogen-bond donors (Lipinski definition) is 2. The Morgan fingerprint density at radius 1 is 0.759 bits per heavy atom. The molecule has 152 valence electrons. The standard InChI is InChI=1S/C26H31NO2/c28-26(29)20-21-15-17-24(18-16-21)27-19-8-4-2-1-3-5-10-22-12-9-13-23-11-6-7-14-25(22)23/h6-7,9,11-18,27H,1-5,8,10,19-20H2,(H,28,29). The van der Waals surface area contributed by atoms with Gasteiger partial charge in [-0.25, -0.2) is 0 Å². The SMILES string of the molecule is O=C(O)Cc1ccc(NCCCCCCCCc2cccc3ccccc23)cc1. The third kappa shape index (κ3) is 6.94. The fourth-order valence-corrected chi connectivity index (χ4v) is 3.81. The van der Waals surface area contributed by atoms with E-state index in [0.717, 1.165) is 17.8 Å². The van der Waals surface area contributed by atoms with Gasteiger partial charge in [0.15, 0.2) is 0 Å². The van der Waals surface area contributed by atoms with Crippen molar-refractivity contribution in [1.29, 1.82) is 0 Å². The normalized spacial score (nSPS) is 10.9. The highest BCUT2D eigenvalue weighted by atomic mass is 16.4. The molecule has 0 fully saturated rings. The largest absolute Gasteiger partial charge is 0.481 e. The number of benzene rings is 3. The quantitative estimate of drug-likeness (QED) is 0.349. The summed E-state index contributed by atoms with van der Waals surface area (Å²) < 4.78 is 0. The van der Waals surface area contributed by atoms with Crippen LogP contribution in [0, 0.1) is 0 Å². The summed E-state index contributed by atoms with van der Waals surface area (Å²) in [5.74, 6) is -0.789. The van der Waals surface area contributed by atoms with E-state index in [0.29, 0.717) is 0 Å². The number of aliphatic carboxylic acids is 1. The van der Waals surface area contributed by atoms with Crippen molar-refractivity contribution in [3.8, 4) is 0 Å². The number of anilines is 1. The number of carboxylic acid groups (broad SMARTS) is 1. The lowest BCUT2D eigenvalue weighted by Crippen LogP contribution is -2.03. The molecule has 0 saturated carbocycles. The van der Waals surface area contributed by atoms with Crippen molar-refractivity contribution < 1.29 is 9.90 Å². The van der Waals surface area contributed by atoms with E-state index >= 15 is 0 Å². The number of hydrogen-bond acceptors (Lipinski definition) is 2. The molecule has 3 heteroatoms. The van der Waals surface area contributed by atoms with Crippen LogP contribution in [0.15, 0.2) is 66.7 Å². The molecule has 0 saturated heterocycles. The molecular weight excluding hydrogens is 358 g/mol. The first kappa shape index (κ1) is 20.9. The summed E-state index contributed by atoms with van der Waals surface area (Å²) in [4.78, 5) is 10.7. The van der Waals surface area contributed by atoms with Gasteiger partial charge in [-0.15, -0.1) is 0 Å². The molecule has 0 aliphatic carbocycles. The lowest BCUT2D eigenvalue weighted by atomic mass is 9.99. The number of carboxylic acids is 1. The van der Waals surface area contributed by atoms with Crippen LogP contribution in [0.3, 0.4) is 0 Å². The van der Waals surface area contributed by atoms with Crippen molar-refractivity contribution in [2.24, 2.45) is 0 Å². The molecule has 3 aromatic carbocycles. The predicted octanol–water partition coefficient (Wildman–Crippen LogP) is 6.46. The van der Waals surface area contributed by atoms with Gasteiger partial charge in [-0.05, 0) is 53.3 Å². The zero-order valence-electron chi connectivity index (χ0n) is 17.1. The second kappa shape index (κ2) is 11.3. The molecule has 3 rings (SSSR count). The lowest BCUT2D eigenvalue weighted by Gasteiger charge is -2.08. The third-order valence-corrected chi connectivity index (χ3v) is 5.39. The molecule has 0 spiro atoms. The Bertz CT molecular complexity index is 897. The maximum absolute atomic E-state index is 10.7. The van der Waals surface area contributed by atoms with Crippen molar-refractivity contribution in [2.45, 2.75) is 51.4 Å². The lowest BCUT2D eigenvalue weighted by molar-refractivity contribution is -0.136. The van der Waals surface area contributed by atoms with Crippen molar-refractivity contribution in [1.82, 2.24) is 0 Å². The monoisotopic (exact) mass is 389 g/mol. The number of fused-ring (bicyclic) bond motifs is 1. The average molecular weight is 390 g/mol. The Hall–Kier alpha value is -2.81. The van der Waals surface area contributed by atoms with E-state index in [2.05, 4.69) is 47.8 Å². The maximum Gasteiger partial charge on any atom is 0.307 e. The van der Waals surface area contributed by atoms with Gasteiger partial charge in [0.25, 0.3) is 0 Å². The molecule has 0 radical (unpaired) electrons. The second-order valence-corrected chi connectivity index (χ2v) is 7.70. The van der Waals surface area contributed by atoms with Crippen molar-refractivity contribution in [3.63, 3.8) is 0 Å². The Balaban J connectivity index is 1.25. The van der Waals surface area contributed by atoms with Crippen LogP contribution in [-0.4, -0.2) is 17.6 Å². The maximum atomic E-state index is 10.7. The summed E-state index contributed by atoms with van der Waals surface area (Å²) in [6.45, 7) is 0.967. The van der Waals surface area contributed by atoms with Gasteiger partial charge in [0, 0.05) is 12.2 Å². The molecule has 3 nitrogen and oxygen atoms in total. The molecule has 0 unspecified atom stereocenters. The van der Waals surface area contributed by atoms with Crippen LogP contribution >= 0.6 is 0 Å². The van der Waals surface area contributed by atoms with Crippen LogP contribution < -0.4 is 5.32 Å². The predicted molar refractivity (Wildman–Crippen MR) is 122 cm³/mol. The molecular formula is C26H31NO2. The Kier molecular flexibility index (Phi) is 8.12. The highest BCUT2D eigenvalue weighted by Crippen LogP contribution is 2.20. The number of nitrogens with one attached hydrogen (secondary N) is 1. The van der Waals surface area contributed by atoms with Gasteiger partial charge < -0.3 is 10.4 Å². The fourth-order valence-electron chi connectivity index (χ4n) is 3.81. The van der Waals surface area contributed by atoms with Crippen molar-refractivity contribution in [3.05, 3.63) is 77.9 Å². The first-order valence-corrected chi connectivity index (χ1v) is 10.7. The van der Waals surface area contributed by atoms with E-state index in [4.69, 9.17) is 5.11 Å². The fraction of sp³-hybridized carbons (Fsp3) is 0.346. The smallest absolute Gasteiger partial charge is 0.307 e. The third-order valence-electron chi connectivity index (χ3n) is 5.39. The van der Waals surface area contributed by atoms with Crippen LogP contribution in [-0.2, 0) is 17.6 Å². The van der Waals surface area contributed by atoms with E-state index in [-0.39, 0.29) is 6.42 Å². The van der Waals surface area contributed by atoms with Crippen LogP contribution in [0.4, 0.5) is 5.69 Å². The van der Waals surface area contributed by atoms with E-state index in [1.54, 1.807) is 0 Å². The number of rotatable bonds is 12. The topological polar surface area (TPSA) is 49.3 Å². The van der Waals surface area contributed by atoms with Gasteiger partial charge >= 0.3 is 5.97 Å². The first-order chi connectivity index (χ1) is 14.2. The van der Waals surface area contributed by atoms with Crippen LogP contribution in [0.5, 0.6) is 0 Å². The summed E-state index contributed by atoms with van der Waals surface area (Å²) >= 11 is 0. The number of unbranched alkanes of at least 4 members (excludes halogenated alkanes) is 5. The van der Waals surface area contributed by atoms with Crippen LogP contribution in [0.2, 0.25) is 0 Å².